The average Bonchev–Trinajstić information content (AvgIpc) is 3.14. The van der Waals surface area contributed by atoms with Crippen molar-refractivity contribution in [2.45, 2.75) is 25.2 Å². The van der Waals surface area contributed by atoms with E-state index in [4.69, 9.17) is 0 Å². The Bertz CT molecular complexity index is 1170. The van der Waals surface area contributed by atoms with Crippen LogP contribution in [0.25, 0.3) is 0 Å². The number of nitrogens with zero attached hydrogens (tertiary/aromatic N) is 1. The zero-order chi connectivity index (χ0) is 20.6. The lowest BCUT2D eigenvalue weighted by atomic mass is 10.1. The second-order valence-electron chi connectivity index (χ2n) is 7.30. The summed E-state index contributed by atoms with van der Waals surface area (Å²) in [6.45, 7) is 4.28. The standard InChI is InChI=1S/C23H22N2O3S/c1-16-3-8-20(9-4-16)24-23(26)19-7-12-22-18(15-19)13-14-25(22)29(27,28)21-10-5-17(2)6-11-21/h3-12,15H,13-14H2,1-2H3,(H,24,26). The zero-order valence-corrected chi connectivity index (χ0v) is 17.2. The lowest BCUT2D eigenvalue weighted by Gasteiger charge is -2.20. The summed E-state index contributed by atoms with van der Waals surface area (Å²) in [7, 11) is -3.62. The largest absolute Gasteiger partial charge is 0.322 e. The van der Waals surface area contributed by atoms with Gasteiger partial charge in [-0.2, -0.15) is 0 Å². The third-order valence-electron chi connectivity index (χ3n) is 5.11. The number of hydrogen-bond donors (Lipinski definition) is 1. The minimum absolute atomic E-state index is 0.212. The molecule has 1 heterocycles. The number of carbonyl (C=O) groups excluding carboxylic acids is 1. The Kier molecular flexibility index (Phi) is 4.88. The van der Waals surface area contributed by atoms with E-state index in [1.54, 1.807) is 42.5 Å². The second-order valence-corrected chi connectivity index (χ2v) is 9.17. The van der Waals surface area contributed by atoms with E-state index in [2.05, 4.69) is 5.32 Å². The normalized spacial score (nSPS) is 13.2. The highest BCUT2D eigenvalue weighted by Gasteiger charge is 2.31. The third-order valence-corrected chi connectivity index (χ3v) is 6.94. The van der Waals surface area contributed by atoms with Crippen molar-refractivity contribution in [1.29, 1.82) is 0 Å². The average molecular weight is 407 g/mol. The van der Waals surface area contributed by atoms with E-state index in [0.717, 1.165) is 22.4 Å². The van der Waals surface area contributed by atoms with Crippen LogP contribution in [-0.4, -0.2) is 20.9 Å². The maximum Gasteiger partial charge on any atom is 0.264 e. The highest BCUT2D eigenvalue weighted by Crippen LogP contribution is 2.33. The van der Waals surface area contributed by atoms with Crippen molar-refractivity contribution in [2.24, 2.45) is 0 Å². The number of fused-ring (bicyclic) bond motifs is 1. The molecule has 3 aromatic rings. The molecule has 148 valence electrons. The van der Waals surface area contributed by atoms with Crippen molar-refractivity contribution < 1.29 is 13.2 Å². The predicted octanol–water partition coefficient (Wildman–Crippen LogP) is 4.31. The van der Waals surface area contributed by atoms with Gasteiger partial charge in [0, 0.05) is 17.8 Å². The Hall–Kier alpha value is -3.12. The fraction of sp³-hybridized carbons (Fsp3) is 0.174. The number of rotatable bonds is 4. The smallest absolute Gasteiger partial charge is 0.264 e. The molecule has 0 aromatic heterocycles. The fourth-order valence-electron chi connectivity index (χ4n) is 3.44. The van der Waals surface area contributed by atoms with Gasteiger partial charge in [0.25, 0.3) is 15.9 Å². The number of anilines is 2. The summed E-state index contributed by atoms with van der Waals surface area (Å²) in [5.41, 5.74) is 4.86. The molecule has 5 nitrogen and oxygen atoms in total. The molecule has 1 aliphatic heterocycles. The number of amides is 1. The van der Waals surface area contributed by atoms with E-state index in [9.17, 15) is 13.2 Å². The van der Waals surface area contributed by atoms with Crippen LogP contribution in [0.1, 0.15) is 27.0 Å². The first-order chi connectivity index (χ1) is 13.8. The van der Waals surface area contributed by atoms with Crippen LogP contribution in [0.4, 0.5) is 11.4 Å². The first kappa shape index (κ1) is 19.2. The molecule has 3 aromatic carbocycles. The van der Waals surface area contributed by atoms with Crippen molar-refractivity contribution in [3.05, 3.63) is 89.0 Å². The highest BCUT2D eigenvalue weighted by atomic mass is 32.2. The minimum Gasteiger partial charge on any atom is -0.322 e. The van der Waals surface area contributed by atoms with Gasteiger partial charge in [-0.25, -0.2) is 8.42 Å². The lowest BCUT2D eigenvalue weighted by Crippen LogP contribution is -2.29. The monoisotopic (exact) mass is 406 g/mol. The van der Waals surface area contributed by atoms with Gasteiger partial charge >= 0.3 is 0 Å². The number of benzene rings is 3. The van der Waals surface area contributed by atoms with Crippen LogP contribution in [0.15, 0.2) is 71.6 Å². The van der Waals surface area contributed by atoms with E-state index in [1.807, 2.05) is 38.1 Å². The molecular formula is C23H22N2O3S. The molecule has 0 saturated carbocycles. The van der Waals surface area contributed by atoms with E-state index in [1.165, 1.54) is 4.31 Å². The molecule has 0 radical (unpaired) electrons. The first-order valence-electron chi connectivity index (χ1n) is 9.45. The minimum atomic E-state index is -3.62. The number of aryl methyl sites for hydroxylation is 2. The maximum atomic E-state index is 13.0. The van der Waals surface area contributed by atoms with Gasteiger partial charge in [-0.1, -0.05) is 35.4 Å². The van der Waals surface area contributed by atoms with Crippen molar-refractivity contribution >= 4 is 27.3 Å². The molecule has 0 spiro atoms. The molecule has 1 amide bonds. The van der Waals surface area contributed by atoms with Crippen LogP contribution in [-0.2, 0) is 16.4 Å². The Balaban J connectivity index is 1.58. The van der Waals surface area contributed by atoms with E-state index < -0.39 is 10.0 Å². The molecule has 1 N–H and O–H groups in total. The van der Waals surface area contributed by atoms with Crippen molar-refractivity contribution in [3.63, 3.8) is 0 Å². The second kappa shape index (κ2) is 7.37. The van der Waals surface area contributed by atoms with Crippen LogP contribution in [0.5, 0.6) is 0 Å². The molecule has 0 saturated heterocycles. The van der Waals surface area contributed by atoms with Crippen LogP contribution >= 0.6 is 0 Å². The SMILES string of the molecule is Cc1ccc(NC(=O)c2ccc3c(c2)CCN3S(=O)(=O)c2ccc(C)cc2)cc1. The Morgan fingerprint density at radius 3 is 2.17 bits per heavy atom. The quantitative estimate of drug-likeness (QED) is 0.702. The number of nitrogens with one attached hydrogen (secondary N) is 1. The number of carbonyl (C=O) groups is 1. The van der Waals surface area contributed by atoms with Gasteiger partial charge in [0.1, 0.15) is 0 Å². The molecule has 6 heteroatoms. The van der Waals surface area contributed by atoms with E-state index >= 15 is 0 Å². The van der Waals surface area contributed by atoms with E-state index in [-0.39, 0.29) is 10.8 Å². The summed E-state index contributed by atoms with van der Waals surface area (Å²) in [6.07, 6.45) is 0.575. The van der Waals surface area contributed by atoms with Crippen LogP contribution in [0, 0.1) is 13.8 Å². The summed E-state index contributed by atoms with van der Waals surface area (Å²) >= 11 is 0. The highest BCUT2D eigenvalue weighted by molar-refractivity contribution is 7.92. The van der Waals surface area contributed by atoms with Crippen LogP contribution in [0.2, 0.25) is 0 Å². The summed E-state index contributed by atoms with van der Waals surface area (Å²) in [5.74, 6) is -0.212. The van der Waals surface area contributed by atoms with Gasteiger partial charge in [0.15, 0.2) is 0 Å². The van der Waals surface area contributed by atoms with Crippen LogP contribution < -0.4 is 9.62 Å². The van der Waals surface area contributed by atoms with Gasteiger partial charge in [-0.15, -0.1) is 0 Å². The number of sulfonamides is 1. The third kappa shape index (κ3) is 3.76. The molecule has 0 aliphatic carbocycles. The van der Waals surface area contributed by atoms with Crippen molar-refractivity contribution in [2.75, 3.05) is 16.2 Å². The molecule has 1 aliphatic rings. The summed E-state index contributed by atoms with van der Waals surface area (Å²) in [6, 6.07) is 19.6. The van der Waals surface area contributed by atoms with Gasteiger partial charge in [0.2, 0.25) is 0 Å². The maximum absolute atomic E-state index is 13.0. The molecule has 4 rings (SSSR count). The molecule has 29 heavy (non-hydrogen) atoms. The molecule has 0 fully saturated rings. The predicted molar refractivity (Wildman–Crippen MR) is 115 cm³/mol. The Morgan fingerprint density at radius 1 is 0.897 bits per heavy atom. The van der Waals surface area contributed by atoms with Gasteiger partial charge in [-0.05, 0) is 68.3 Å². The number of hydrogen-bond acceptors (Lipinski definition) is 3. The van der Waals surface area contributed by atoms with Crippen molar-refractivity contribution in [3.8, 4) is 0 Å². The molecule has 0 bridgehead atoms. The van der Waals surface area contributed by atoms with Gasteiger partial charge in [0.05, 0.1) is 10.6 Å². The fourth-order valence-corrected chi connectivity index (χ4v) is 4.94. The van der Waals surface area contributed by atoms with Gasteiger partial charge in [-0.3, -0.25) is 9.10 Å². The Labute approximate surface area is 171 Å². The summed E-state index contributed by atoms with van der Waals surface area (Å²) in [5, 5.41) is 2.88. The summed E-state index contributed by atoms with van der Waals surface area (Å²) < 4.78 is 27.5. The first-order valence-corrected chi connectivity index (χ1v) is 10.9. The van der Waals surface area contributed by atoms with E-state index in [0.29, 0.717) is 24.2 Å². The summed E-state index contributed by atoms with van der Waals surface area (Å²) in [4.78, 5) is 12.9. The molecule has 0 unspecified atom stereocenters. The topological polar surface area (TPSA) is 66.5 Å². The Morgan fingerprint density at radius 2 is 1.52 bits per heavy atom. The zero-order valence-electron chi connectivity index (χ0n) is 16.3. The lowest BCUT2D eigenvalue weighted by molar-refractivity contribution is 0.102. The van der Waals surface area contributed by atoms with Crippen molar-refractivity contribution in [1.82, 2.24) is 0 Å². The molecule has 0 atom stereocenters. The van der Waals surface area contributed by atoms with Crippen LogP contribution in [0.3, 0.4) is 0 Å². The van der Waals surface area contributed by atoms with Gasteiger partial charge < -0.3 is 5.32 Å². The molecular weight excluding hydrogens is 384 g/mol.